The van der Waals surface area contributed by atoms with Crippen molar-refractivity contribution >= 4 is 22.8 Å². The SMILES string of the molecule is COCC(=O)NCc1nc2ccccc2n1CCC(=O)N1CCCCCC1. The van der Waals surface area contributed by atoms with E-state index in [9.17, 15) is 9.59 Å². The van der Waals surface area contributed by atoms with Gasteiger partial charge in [-0.25, -0.2) is 4.98 Å². The lowest BCUT2D eigenvalue weighted by molar-refractivity contribution is -0.131. The smallest absolute Gasteiger partial charge is 0.246 e. The Kier molecular flexibility index (Phi) is 6.81. The Morgan fingerprint density at radius 2 is 1.89 bits per heavy atom. The summed E-state index contributed by atoms with van der Waals surface area (Å²) in [5, 5.41) is 2.82. The molecule has 2 amide bonds. The second kappa shape index (κ2) is 9.50. The molecule has 1 aliphatic heterocycles. The first-order chi connectivity index (χ1) is 13.2. The van der Waals surface area contributed by atoms with Crippen molar-refractivity contribution < 1.29 is 14.3 Å². The standard InChI is InChI=1S/C20H28N4O3/c1-27-15-19(25)21-14-18-22-16-8-4-5-9-17(16)24(18)13-10-20(26)23-11-6-2-3-7-12-23/h4-5,8-9H,2-3,6-7,10-15H2,1H3,(H,21,25). The first-order valence-electron chi connectivity index (χ1n) is 9.66. The van der Waals surface area contributed by atoms with Gasteiger partial charge in [0.2, 0.25) is 11.8 Å². The van der Waals surface area contributed by atoms with E-state index in [1.165, 1.54) is 20.0 Å². The van der Waals surface area contributed by atoms with E-state index in [2.05, 4.69) is 10.3 Å². The zero-order valence-electron chi connectivity index (χ0n) is 15.9. The molecule has 0 aliphatic carbocycles. The van der Waals surface area contributed by atoms with Gasteiger partial charge in [-0.15, -0.1) is 0 Å². The van der Waals surface area contributed by atoms with Crippen molar-refractivity contribution in [2.75, 3.05) is 26.8 Å². The minimum atomic E-state index is -0.184. The Morgan fingerprint density at radius 1 is 1.15 bits per heavy atom. The number of aryl methyl sites for hydroxylation is 1. The van der Waals surface area contributed by atoms with E-state index in [1.807, 2.05) is 33.7 Å². The number of imidazole rings is 1. The first-order valence-corrected chi connectivity index (χ1v) is 9.66. The zero-order chi connectivity index (χ0) is 19.1. The van der Waals surface area contributed by atoms with Crippen LogP contribution in [0.5, 0.6) is 0 Å². The molecule has 0 saturated carbocycles. The number of amides is 2. The monoisotopic (exact) mass is 372 g/mol. The fourth-order valence-corrected chi connectivity index (χ4v) is 3.56. The number of fused-ring (bicyclic) bond motifs is 1. The Labute approximate surface area is 159 Å². The van der Waals surface area contributed by atoms with Crippen molar-refractivity contribution in [2.45, 2.75) is 45.2 Å². The number of carbonyl (C=O) groups excluding carboxylic acids is 2. The lowest BCUT2D eigenvalue weighted by Crippen LogP contribution is -2.32. The summed E-state index contributed by atoms with van der Waals surface area (Å²) in [6.45, 7) is 2.63. The van der Waals surface area contributed by atoms with Gasteiger partial charge in [0.1, 0.15) is 12.4 Å². The highest BCUT2D eigenvalue weighted by atomic mass is 16.5. The van der Waals surface area contributed by atoms with E-state index < -0.39 is 0 Å². The number of hydrogen-bond donors (Lipinski definition) is 1. The highest BCUT2D eigenvalue weighted by molar-refractivity contribution is 5.79. The number of carbonyl (C=O) groups is 2. The molecular formula is C20H28N4O3. The fraction of sp³-hybridized carbons (Fsp3) is 0.550. The third kappa shape index (κ3) is 5.07. The average Bonchev–Trinajstić information content (AvgIpc) is 2.83. The number of hydrogen-bond acceptors (Lipinski definition) is 4. The predicted octanol–water partition coefficient (Wildman–Crippen LogP) is 2.09. The van der Waals surface area contributed by atoms with Crippen molar-refractivity contribution in [3.63, 3.8) is 0 Å². The van der Waals surface area contributed by atoms with Crippen LogP contribution in [0.25, 0.3) is 11.0 Å². The van der Waals surface area contributed by atoms with E-state index in [1.54, 1.807) is 0 Å². The topological polar surface area (TPSA) is 76.5 Å². The maximum atomic E-state index is 12.7. The lowest BCUT2D eigenvalue weighted by atomic mass is 10.2. The van der Waals surface area contributed by atoms with Crippen LogP contribution in [0.2, 0.25) is 0 Å². The van der Waals surface area contributed by atoms with Crippen molar-refractivity contribution in [1.82, 2.24) is 19.8 Å². The van der Waals surface area contributed by atoms with Gasteiger partial charge in [-0.05, 0) is 25.0 Å². The third-order valence-corrected chi connectivity index (χ3v) is 4.96. The number of nitrogens with zero attached hydrogens (tertiary/aromatic N) is 3. The molecule has 7 nitrogen and oxygen atoms in total. The van der Waals surface area contributed by atoms with Crippen molar-refractivity contribution in [3.05, 3.63) is 30.1 Å². The summed E-state index contributed by atoms with van der Waals surface area (Å²) in [5.41, 5.74) is 1.85. The molecule has 2 heterocycles. The van der Waals surface area contributed by atoms with Crippen molar-refractivity contribution in [3.8, 4) is 0 Å². The molecule has 1 aromatic carbocycles. The van der Waals surface area contributed by atoms with Gasteiger partial charge in [-0.3, -0.25) is 9.59 Å². The molecule has 2 aromatic rings. The highest BCUT2D eigenvalue weighted by Gasteiger charge is 2.17. The number of methoxy groups -OCH3 is 1. The molecule has 27 heavy (non-hydrogen) atoms. The summed E-state index contributed by atoms with van der Waals surface area (Å²) in [6.07, 6.45) is 5.05. The van der Waals surface area contributed by atoms with E-state index in [0.717, 1.165) is 42.8 Å². The van der Waals surface area contributed by atoms with E-state index in [0.29, 0.717) is 19.5 Å². The summed E-state index contributed by atoms with van der Waals surface area (Å²) < 4.78 is 6.89. The molecule has 7 heteroatoms. The van der Waals surface area contributed by atoms with Gasteiger partial charge in [-0.1, -0.05) is 25.0 Å². The number of likely N-dealkylation sites (tertiary alicyclic amines) is 1. The molecule has 0 radical (unpaired) electrons. The van der Waals surface area contributed by atoms with Crippen LogP contribution in [-0.2, 0) is 27.4 Å². The molecule has 3 rings (SSSR count). The third-order valence-electron chi connectivity index (χ3n) is 4.96. The predicted molar refractivity (Wildman–Crippen MR) is 103 cm³/mol. The number of para-hydroxylation sites is 2. The summed E-state index contributed by atoms with van der Waals surface area (Å²) in [7, 11) is 1.49. The van der Waals surface area contributed by atoms with Gasteiger partial charge < -0.3 is 19.5 Å². The Hall–Kier alpha value is -2.41. The minimum Gasteiger partial charge on any atom is -0.375 e. The highest BCUT2D eigenvalue weighted by Crippen LogP contribution is 2.18. The van der Waals surface area contributed by atoms with Crippen LogP contribution in [0.3, 0.4) is 0 Å². The van der Waals surface area contributed by atoms with Gasteiger partial charge in [0, 0.05) is 33.2 Å². The molecule has 1 fully saturated rings. The normalized spacial score (nSPS) is 14.9. The Bertz CT molecular complexity index is 779. The van der Waals surface area contributed by atoms with Gasteiger partial charge in [0.05, 0.1) is 17.6 Å². The molecule has 0 bridgehead atoms. The van der Waals surface area contributed by atoms with Crippen LogP contribution in [-0.4, -0.2) is 53.1 Å². The lowest BCUT2D eigenvalue weighted by Gasteiger charge is -2.20. The number of aromatic nitrogens is 2. The molecule has 0 atom stereocenters. The van der Waals surface area contributed by atoms with Gasteiger partial charge in [-0.2, -0.15) is 0 Å². The number of rotatable bonds is 7. The van der Waals surface area contributed by atoms with Crippen LogP contribution in [0.1, 0.15) is 37.9 Å². The molecule has 0 spiro atoms. The largest absolute Gasteiger partial charge is 0.375 e. The van der Waals surface area contributed by atoms with Crippen LogP contribution >= 0.6 is 0 Å². The zero-order valence-corrected chi connectivity index (χ0v) is 15.9. The van der Waals surface area contributed by atoms with E-state index >= 15 is 0 Å². The molecular weight excluding hydrogens is 344 g/mol. The van der Waals surface area contributed by atoms with Crippen molar-refractivity contribution in [1.29, 1.82) is 0 Å². The number of ether oxygens (including phenoxy) is 1. The van der Waals surface area contributed by atoms with Gasteiger partial charge in [0.25, 0.3) is 0 Å². The average molecular weight is 372 g/mol. The maximum Gasteiger partial charge on any atom is 0.246 e. The molecule has 146 valence electrons. The summed E-state index contributed by atoms with van der Waals surface area (Å²) >= 11 is 0. The van der Waals surface area contributed by atoms with Crippen LogP contribution in [0.4, 0.5) is 0 Å². The second-order valence-electron chi connectivity index (χ2n) is 6.92. The van der Waals surface area contributed by atoms with Crippen molar-refractivity contribution in [2.24, 2.45) is 0 Å². The summed E-state index contributed by atoms with van der Waals surface area (Å²) in [5.74, 6) is 0.769. The summed E-state index contributed by atoms with van der Waals surface area (Å²) in [4.78, 5) is 31.0. The molecule has 1 N–H and O–H groups in total. The maximum absolute atomic E-state index is 12.7. The molecule has 1 aromatic heterocycles. The van der Waals surface area contributed by atoms with Gasteiger partial charge in [0.15, 0.2) is 0 Å². The van der Waals surface area contributed by atoms with Crippen LogP contribution in [0, 0.1) is 0 Å². The summed E-state index contributed by atoms with van der Waals surface area (Å²) in [6, 6.07) is 7.85. The number of benzene rings is 1. The van der Waals surface area contributed by atoms with Gasteiger partial charge >= 0.3 is 0 Å². The second-order valence-corrected chi connectivity index (χ2v) is 6.92. The number of nitrogens with one attached hydrogen (secondary N) is 1. The quantitative estimate of drug-likeness (QED) is 0.807. The molecule has 1 saturated heterocycles. The van der Waals surface area contributed by atoms with Crippen LogP contribution in [0.15, 0.2) is 24.3 Å². The molecule has 0 unspecified atom stereocenters. The molecule has 1 aliphatic rings. The van der Waals surface area contributed by atoms with E-state index in [4.69, 9.17) is 4.74 Å². The fourth-order valence-electron chi connectivity index (χ4n) is 3.56. The Balaban J connectivity index is 1.70. The van der Waals surface area contributed by atoms with E-state index in [-0.39, 0.29) is 18.4 Å². The van der Waals surface area contributed by atoms with Crippen LogP contribution < -0.4 is 5.32 Å². The minimum absolute atomic E-state index is 0.0215. The Morgan fingerprint density at radius 3 is 2.63 bits per heavy atom. The first kappa shape index (κ1) is 19.4.